The van der Waals surface area contributed by atoms with Crippen LogP contribution in [0.5, 0.6) is 0 Å². The molecule has 0 amide bonds. The van der Waals surface area contributed by atoms with Gasteiger partial charge in [-0.2, -0.15) is 26.3 Å². The first-order chi connectivity index (χ1) is 12.3. The molecule has 4 nitrogen and oxygen atoms in total. The Kier molecular flexibility index (Phi) is 5.45. The molecule has 2 aromatic carbocycles. The maximum Gasteiger partial charge on any atom is 0.417 e. The zero-order chi connectivity index (χ0) is 20.6. The Balaban J connectivity index is 2.46. The van der Waals surface area contributed by atoms with Crippen LogP contribution in [0.3, 0.4) is 0 Å². The highest BCUT2D eigenvalue weighted by Crippen LogP contribution is 2.38. The molecular formula is C16H8F6O4S. The lowest BCUT2D eigenvalue weighted by atomic mass is 10.1. The molecule has 144 valence electrons. The molecule has 0 radical (unpaired) electrons. The number of carbonyl (C=O) groups is 2. The van der Waals surface area contributed by atoms with Crippen molar-refractivity contribution in [3.63, 3.8) is 0 Å². The largest absolute Gasteiger partial charge is 0.478 e. The molecule has 2 N–H and O–H groups in total. The second-order valence-electron chi connectivity index (χ2n) is 5.12. The van der Waals surface area contributed by atoms with E-state index in [0.29, 0.717) is 36.0 Å². The summed E-state index contributed by atoms with van der Waals surface area (Å²) < 4.78 is 76.9. The molecule has 0 bridgehead atoms. The maximum atomic E-state index is 12.8. The first kappa shape index (κ1) is 20.6. The van der Waals surface area contributed by atoms with Gasteiger partial charge in [-0.05, 0) is 36.4 Å². The monoisotopic (exact) mass is 410 g/mol. The average molecular weight is 410 g/mol. The van der Waals surface area contributed by atoms with Gasteiger partial charge in [0.1, 0.15) is 0 Å². The Bertz CT molecular complexity index is 831. The fourth-order valence-corrected chi connectivity index (χ4v) is 3.06. The number of halogens is 6. The van der Waals surface area contributed by atoms with Gasteiger partial charge in [-0.1, -0.05) is 11.8 Å². The average Bonchev–Trinajstić information content (AvgIpc) is 2.52. The zero-order valence-electron chi connectivity index (χ0n) is 12.9. The van der Waals surface area contributed by atoms with Crippen LogP contribution >= 0.6 is 11.8 Å². The van der Waals surface area contributed by atoms with Gasteiger partial charge in [0.05, 0.1) is 22.3 Å². The minimum Gasteiger partial charge on any atom is -0.478 e. The summed E-state index contributed by atoms with van der Waals surface area (Å²) in [6.07, 6.45) is -9.80. The molecule has 0 spiro atoms. The first-order valence-electron chi connectivity index (χ1n) is 6.87. The smallest absolute Gasteiger partial charge is 0.417 e. The predicted octanol–water partition coefficient (Wildman–Crippen LogP) is 5.27. The summed E-state index contributed by atoms with van der Waals surface area (Å²) in [7, 11) is 0. The van der Waals surface area contributed by atoms with Crippen LogP contribution < -0.4 is 0 Å². The van der Waals surface area contributed by atoms with Crippen molar-refractivity contribution < 1.29 is 46.1 Å². The van der Waals surface area contributed by atoms with Crippen LogP contribution in [0.25, 0.3) is 0 Å². The molecule has 0 aliphatic carbocycles. The molecule has 0 atom stereocenters. The Morgan fingerprint density at radius 2 is 1.04 bits per heavy atom. The van der Waals surface area contributed by atoms with Crippen molar-refractivity contribution in [1.82, 2.24) is 0 Å². The van der Waals surface area contributed by atoms with Crippen LogP contribution in [-0.2, 0) is 12.4 Å². The minimum absolute atomic E-state index is 0.0171. The fourth-order valence-electron chi connectivity index (χ4n) is 2.16. The summed E-state index contributed by atoms with van der Waals surface area (Å²) >= 11 is 0.628. The van der Waals surface area contributed by atoms with Crippen LogP contribution in [0.15, 0.2) is 46.2 Å². The zero-order valence-corrected chi connectivity index (χ0v) is 13.7. The van der Waals surface area contributed by atoms with Gasteiger partial charge < -0.3 is 10.2 Å². The van der Waals surface area contributed by atoms with Gasteiger partial charge in [-0.3, -0.25) is 0 Å². The number of benzene rings is 2. The number of alkyl halides is 6. The predicted molar refractivity (Wildman–Crippen MR) is 80.9 cm³/mol. The van der Waals surface area contributed by atoms with Crippen LogP contribution in [0.4, 0.5) is 26.3 Å². The van der Waals surface area contributed by atoms with Crippen LogP contribution in [0.2, 0.25) is 0 Å². The number of rotatable bonds is 4. The molecule has 0 aromatic heterocycles. The van der Waals surface area contributed by atoms with E-state index in [4.69, 9.17) is 10.2 Å². The van der Waals surface area contributed by atoms with Gasteiger partial charge in [0.25, 0.3) is 0 Å². The first-order valence-corrected chi connectivity index (χ1v) is 7.69. The summed E-state index contributed by atoms with van der Waals surface area (Å²) in [5, 5.41) is 17.9. The van der Waals surface area contributed by atoms with Crippen molar-refractivity contribution in [2.24, 2.45) is 0 Å². The highest BCUT2D eigenvalue weighted by atomic mass is 32.2. The van der Waals surface area contributed by atoms with E-state index in [1.54, 1.807) is 0 Å². The molecule has 2 rings (SSSR count). The van der Waals surface area contributed by atoms with E-state index in [-0.39, 0.29) is 9.79 Å². The summed E-state index contributed by atoms with van der Waals surface area (Å²) in [5.41, 5.74) is -4.81. The van der Waals surface area contributed by atoms with Crippen molar-refractivity contribution in [3.8, 4) is 0 Å². The highest BCUT2D eigenvalue weighted by molar-refractivity contribution is 7.99. The number of carboxylic acids is 2. The Morgan fingerprint density at radius 3 is 1.30 bits per heavy atom. The van der Waals surface area contributed by atoms with Crippen molar-refractivity contribution >= 4 is 23.7 Å². The van der Waals surface area contributed by atoms with Gasteiger partial charge in [0.15, 0.2) is 0 Å². The molecule has 0 unspecified atom stereocenters. The van der Waals surface area contributed by atoms with Crippen LogP contribution in [0, 0.1) is 0 Å². The molecule has 0 aliphatic heterocycles. The van der Waals surface area contributed by atoms with Crippen molar-refractivity contribution in [3.05, 3.63) is 58.7 Å². The van der Waals surface area contributed by atoms with E-state index in [1.807, 2.05) is 0 Å². The summed E-state index contributed by atoms with van der Waals surface area (Å²) in [6, 6.07) is 4.39. The van der Waals surface area contributed by atoms with E-state index < -0.39 is 46.5 Å². The molecular weight excluding hydrogens is 402 g/mol. The fraction of sp³-hybridized carbons (Fsp3) is 0.125. The number of carboxylic acid groups (broad SMARTS) is 2. The topological polar surface area (TPSA) is 74.6 Å². The lowest BCUT2D eigenvalue weighted by Gasteiger charge is -2.13. The Labute approximate surface area is 151 Å². The third-order valence-corrected chi connectivity index (χ3v) is 4.27. The Hall–Kier alpha value is -2.69. The van der Waals surface area contributed by atoms with Crippen LogP contribution in [-0.4, -0.2) is 22.2 Å². The molecule has 2 aromatic rings. The molecule has 0 aliphatic rings. The van der Waals surface area contributed by atoms with Crippen molar-refractivity contribution in [1.29, 1.82) is 0 Å². The van der Waals surface area contributed by atoms with Gasteiger partial charge in [0, 0.05) is 9.79 Å². The molecule has 27 heavy (non-hydrogen) atoms. The third kappa shape index (κ3) is 4.73. The summed E-state index contributed by atoms with van der Waals surface area (Å²) in [6.45, 7) is 0. The molecule has 0 saturated carbocycles. The third-order valence-electron chi connectivity index (χ3n) is 3.29. The molecule has 0 heterocycles. The second-order valence-corrected chi connectivity index (χ2v) is 6.27. The highest BCUT2D eigenvalue weighted by Gasteiger charge is 2.36. The van der Waals surface area contributed by atoms with E-state index >= 15 is 0 Å². The van der Waals surface area contributed by atoms with Gasteiger partial charge >= 0.3 is 24.3 Å². The number of aromatic carboxylic acids is 2. The van der Waals surface area contributed by atoms with E-state index in [9.17, 15) is 35.9 Å². The SMILES string of the molecule is O=C(O)c1cc(Sc2ccc(C(F)(F)F)c(C(=O)O)c2)ccc1C(F)(F)F. The number of hydrogen-bond acceptors (Lipinski definition) is 3. The van der Waals surface area contributed by atoms with Gasteiger partial charge in [-0.25, -0.2) is 9.59 Å². The lowest BCUT2D eigenvalue weighted by molar-refractivity contribution is -0.138. The number of hydrogen-bond donors (Lipinski definition) is 2. The summed E-state index contributed by atoms with van der Waals surface area (Å²) in [4.78, 5) is 22.1. The quantitative estimate of drug-likeness (QED) is 0.672. The van der Waals surface area contributed by atoms with Gasteiger partial charge in [0.2, 0.25) is 0 Å². The second kappa shape index (κ2) is 7.14. The van der Waals surface area contributed by atoms with Crippen molar-refractivity contribution in [2.45, 2.75) is 22.1 Å². The maximum absolute atomic E-state index is 12.8. The van der Waals surface area contributed by atoms with Gasteiger partial charge in [-0.15, -0.1) is 0 Å². The summed E-state index contributed by atoms with van der Waals surface area (Å²) in [5.74, 6) is -3.66. The van der Waals surface area contributed by atoms with E-state index in [0.717, 1.165) is 12.1 Å². The van der Waals surface area contributed by atoms with E-state index in [1.165, 1.54) is 0 Å². The standard InChI is InChI=1S/C16H8F6O4S/c17-15(18,19)11-3-1-7(5-9(11)13(23)24)27-8-2-4-12(16(20,21)22)10(6-8)14(25)26/h1-6H,(H,23,24)(H,25,26). The molecule has 0 fully saturated rings. The minimum atomic E-state index is -4.90. The molecule has 0 saturated heterocycles. The molecule has 11 heteroatoms. The lowest BCUT2D eigenvalue weighted by Crippen LogP contribution is -2.13. The normalized spacial score (nSPS) is 12.1. The Morgan fingerprint density at radius 1 is 0.704 bits per heavy atom. The van der Waals surface area contributed by atoms with Crippen LogP contribution in [0.1, 0.15) is 31.8 Å². The van der Waals surface area contributed by atoms with E-state index in [2.05, 4.69) is 0 Å². The van der Waals surface area contributed by atoms with Crippen molar-refractivity contribution in [2.75, 3.05) is 0 Å².